The van der Waals surface area contributed by atoms with Crippen molar-refractivity contribution < 1.29 is 4.74 Å². The fourth-order valence-corrected chi connectivity index (χ4v) is 5.28. The highest BCUT2D eigenvalue weighted by Crippen LogP contribution is 2.30. The topological polar surface area (TPSA) is 15.7 Å². The van der Waals surface area contributed by atoms with Gasteiger partial charge in [-0.25, -0.2) is 0 Å². The molecule has 1 heterocycles. The molecular weight excluding hydrogens is 424 g/mol. The van der Waals surface area contributed by atoms with Crippen LogP contribution in [0.4, 0.5) is 0 Å². The van der Waals surface area contributed by atoms with Crippen molar-refractivity contribution in [1.82, 2.24) is 9.80 Å². The molecule has 0 unspecified atom stereocenters. The molecule has 0 N–H and O–H groups in total. The van der Waals surface area contributed by atoms with Crippen molar-refractivity contribution in [2.24, 2.45) is 0 Å². The van der Waals surface area contributed by atoms with Crippen LogP contribution in [0.5, 0.6) is 0 Å². The minimum absolute atomic E-state index is 0.676. The van der Waals surface area contributed by atoms with E-state index in [0.717, 1.165) is 26.2 Å². The molecule has 3 aromatic rings. The second-order valence-electron chi connectivity index (χ2n) is 8.85. The SMILES string of the molecule is Cc1cccc(CCCN2CCN(CCOCc3ccccc3Sc3ccccc3)CC2)c1. The molecule has 0 radical (unpaired) electrons. The van der Waals surface area contributed by atoms with Gasteiger partial charge in [-0.15, -0.1) is 0 Å². The Bertz CT molecular complexity index is 970. The molecule has 0 aliphatic carbocycles. The third-order valence-corrected chi connectivity index (χ3v) is 7.37. The Hall–Kier alpha value is -2.11. The molecule has 0 saturated carbocycles. The molecule has 0 amide bonds. The Balaban J connectivity index is 1.12. The second-order valence-corrected chi connectivity index (χ2v) is 9.97. The van der Waals surface area contributed by atoms with Gasteiger partial charge >= 0.3 is 0 Å². The van der Waals surface area contributed by atoms with Crippen LogP contribution in [0.15, 0.2) is 88.7 Å². The minimum atomic E-state index is 0.676. The Labute approximate surface area is 203 Å². The van der Waals surface area contributed by atoms with E-state index in [1.807, 2.05) is 11.8 Å². The summed E-state index contributed by atoms with van der Waals surface area (Å²) in [6.07, 6.45) is 2.42. The lowest BCUT2D eigenvalue weighted by atomic mass is 10.1. The van der Waals surface area contributed by atoms with Gasteiger partial charge in [-0.1, -0.05) is 78.0 Å². The first-order valence-electron chi connectivity index (χ1n) is 12.1. The Morgan fingerprint density at radius 3 is 2.30 bits per heavy atom. The van der Waals surface area contributed by atoms with Gasteiger partial charge in [0.05, 0.1) is 13.2 Å². The number of aryl methyl sites for hydroxylation is 2. The lowest BCUT2D eigenvalue weighted by Gasteiger charge is -2.34. The third-order valence-electron chi connectivity index (χ3n) is 6.24. The van der Waals surface area contributed by atoms with Crippen LogP contribution in [0.25, 0.3) is 0 Å². The average molecular weight is 461 g/mol. The summed E-state index contributed by atoms with van der Waals surface area (Å²) < 4.78 is 6.08. The molecule has 1 fully saturated rings. The highest BCUT2D eigenvalue weighted by Gasteiger charge is 2.16. The van der Waals surface area contributed by atoms with Gasteiger partial charge in [-0.2, -0.15) is 0 Å². The fourth-order valence-electron chi connectivity index (χ4n) is 4.32. The number of piperazine rings is 1. The standard InChI is InChI=1S/C29H36N2OS/c1-25-9-7-10-26(23-25)11-8-16-30-17-19-31(20-18-30)21-22-32-24-27-12-5-6-15-29(27)33-28-13-3-2-4-14-28/h2-7,9-10,12-15,23H,8,11,16-22,24H2,1H3. The molecule has 0 spiro atoms. The molecule has 3 aromatic carbocycles. The van der Waals surface area contributed by atoms with Crippen molar-refractivity contribution in [3.05, 3.63) is 95.6 Å². The first kappa shape index (κ1) is 24.0. The lowest BCUT2D eigenvalue weighted by Crippen LogP contribution is -2.47. The minimum Gasteiger partial charge on any atom is -0.375 e. The van der Waals surface area contributed by atoms with Crippen LogP contribution >= 0.6 is 11.8 Å². The fraction of sp³-hybridized carbons (Fsp3) is 0.379. The lowest BCUT2D eigenvalue weighted by molar-refractivity contribution is 0.0675. The molecule has 1 aliphatic heterocycles. The van der Waals surface area contributed by atoms with E-state index < -0.39 is 0 Å². The van der Waals surface area contributed by atoms with Crippen LogP contribution in [-0.4, -0.2) is 55.7 Å². The number of rotatable bonds is 11. The molecule has 174 valence electrons. The molecule has 3 nitrogen and oxygen atoms in total. The van der Waals surface area contributed by atoms with Gasteiger partial charge in [0.15, 0.2) is 0 Å². The number of ether oxygens (including phenoxy) is 1. The largest absolute Gasteiger partial charge is 0.375 e. The summed E-state index contributed by atoms with van der Waals surface area (Å²) in [6.45, 7) is 10.5. The quantitative estimate of drug-likeness (QED) is 0.330. The van der Waals surface area contributed by atoms with Crippen LogP contribution < -0.4 is 0 Å². The Kier molecular flexibility index (Phi) is 9.43. The molecule has 0 aromatic heterocycles. The molecule has 0 atom stereocenters. The normalized spacial score (nSPS) is 15.1. The van der Waals surface area contributed by atoms with Gasteiger partial charge < -0.3 is 9.64 Å². The summed E-state index contributed by atoms with van der Waals surface area (Å²) in [5, 5.41) is 0. The monoisotopic (exact) mass is 460 g/mol. The summed E-state index contributed by atoms with van der Waals surface area (Å²) in [6, 6.07) is 28.0. The first-order valence-corrected chi connectivity index (χ1v) is 13.0. The number of hydrogen-bond acceptors (Lipinski definition) is 4. The average Bonchev–Trinajstić information content (AvgIpc) is 2.84. The summed E-state index contributed by atoms with van der Waals surface area (Å²) >= 11 is 1.81. The maximum Gasteiger partial charge on any atom is 0.0728 e. The van der Waals surface area contributed by atoms with Crippen molar-refractivity contribution in [2.75, 3.05) is 45.9 Å². The molecule has 33 heavy (non-hydrogen) atoms. The summed E-state index contributed by atoms with van der Waals surface area (Å²) in [5.41, 5.74) is 4.10. The number of nitrogens with zero attached hydrogens (tertiary/aromatic N) is 2. The van der Waals surface area contributed by atoms with Gasteiger partial charge in [-0.05, 0) is 55.6 Å². The third kappa shape index (κ3) is 8.01. The van der Waals surface area contributed by atoms with Gasteiger partial charge in [0.1, 0.15) is 0 Å². The zero-order chi connectivity index (χ0) is 22.7. The van der Waals surface area contributed by atoms with Crippen LogP contribution in [0.1, 0.15) is 23.1 Å². The van der Waals surface area contributed by atoms with Gasteiger partial charge in [0.2, 0.25) is 0 Å². The number of benzene rings is 3. The summed E-state index contributed by atoms with van der Waals surface area (Å²) in [7, 11) is 0. The maximum atomic E-state index is 6.08. The van der Waals surface area contributed by atoms with E-state index in [1.165, 1.54) is 59.0 Å². The van der Waals surface area contributed by atoms with E-state index in [4.69, 9.17) is 4.74 Å². The van der Waals surface area contributed by atoms with E-state index in [1.54, 1.807) is 0 Å². The van der Waals surface area contributed by atoms with Gasteiger partial charge in [0, 0.05) is 42.5 Å². The summed E-state index contributed by atoms with van der Waals surface area (Å²) in [5.74, 6) is 0. The smallest absolute Gasteiger partial charge is 0.0728 e. The Morgan fingerprint density at radius 1 is 0.788 bits per heavy atom. The van der Waals surface area contributed by atoms with Crippen LogP contribution in [0.2, 0.25) is 0 Å². The second kappa shape index (κ2) is 13.0. The van der Waals surface area contributed by atoms with Crippen LogP contribution in [0, 0.1) is 6.92 Å². The van der Waals surface area contributed by atoms with Crippen molar-refractivity contribution >= 4 is 11.8 Å². The molecule has 4 rings (SSSR count). The van der Waals surface area contributed by atoms with E-state index in [9.17, 15) is 0 Å². The maximum absolute atomic E-state index is 6.08. The van der Waals surface area contributed by atoms with Crippen molar-refractivity contribution in [3.8, 4) is 0 Å². The van der Waals surface area contributed by atoms with Crippen molar-refractivity contribution in [1.29, 1.82) is 0 Å². The molecule has 1 aliphatic rings. The van der Waals surface area contributed by atoms with E-state index in [-0.39, 0.29) is 0 Å². The molecule has 4 heteroatoms. The van der Waals surface area contributed by atoms with Crippen LogP contribution in [0.3, 0.4) is 0 Å². The molecule has 1 saturated heterocycles. The first-order chi connectivity index (χ1) is 16.3. The predicted octanol–water partition coefficient (Wildman–Crippen LogP) is 5.91. The highest BCUT2D eigenvalue weighted by molar-refractivity contribution is 7.99. The van der Waals surface area contributed by atoms with Crippen LogP contribution in [-0.2, 0) is 17.8 Å². The summed E-state index contributed by atoms with van der Waals surface area (Å²) in [4.78, 5) is 7.70. The van der Waals surface area contributed by atoms with E-state index in [0.29, 0.717) is 6.61 Å². The Morgan fingerprint density at radius 2 is 1.52 bits per heavy atom. The van der Waals surface area contributed by atoms with Gasteiger partial charge in [0.25, 0.3) is 0 Å². The van der Waals surface area contributed by atoms with E-state index in [2.05, 4.69) is 95.6 Å². The van der Waals surface area contributed by atoms with Crippen molar-refractivity contribution in [3.63, 3.8) is 0 Å². The van der Waals surface area contributed by atoms with Gasteiger partial charge in [-0.3, -0.25) is 4.90 Å². The highest BCUT2D eigenvalue weighted by atomic mass is 32.2. The zero-order valence-corrected chi connectivity index (χ0v) is 20.6. The van der Waals surface area contributed by atoms with Crippen molar-refractivity contribution in [2.45, 2.75) is 36.2 Å². The van der Waals surface area contributed by atoms with E-state index >= 15 is 0 Å². The molecular formula is C29H36N2OS. The number of hydrogen-bond donors (Lipinski definition) is 0. The zero-order valence-electron chi connectivity index (χ0n) is 19.8. The molecule has 0 bridgehead atoms. The predicted molar refractivity (Wildman–Crippen MR) is 139 cm³/mol.